The molecule has 26 heavy (non-hydrogen) atoms. The molecule has 2 heterocycles. The van der Waals surface area contributed by atoms with Crippen molar-refractivity contribution in [3.05, 3.63) is 65.9 Å². The molecule has 5 heteroatoms. The Morgan fingerprint density at radius 3 is 2.27 bits per heavy atom. The average Bonchev–Trinajstić information content (AvgIpc) is 3.12. The number of rotatable bonds is 4. The number of hydrogen-bond acceptors (Lipinski definition) is 4. The number of benzene rings is 2. The molecule has 0 fully saturated rings. The largest absolute Gasteiger partial charge is 0.504 e. The van der Waals surface area contributed by atoms with Crippen molar-refractivity contribution in [2.45, 2.75) is 19.8 Å². The van der Waals surface area contributed by atoms with E-state index in [-0.39, 0.29) is 17.3 Å². The minimum atomic E-state index is -0.844. The average molecular weight is 346 g/mol. The third-order valence-corrected chi connectivity index (χ3v) is 4.95. The van der Waals surface area contributed by atoms with Gasteiger partial charge in [-0.2, -0.15) is 5.10 Å². The summed E-state index contributed by atoms with van der Waals surface area (Å²) in [6, 6.07) is 16.9. The Morgan fingerprint density at radius 2 is 1.62 bits per heavy atom. The first-order chi connectivity index (χ1) is 12.5. The second-order valence-electron chi connectivity index (χ2n) is 6.60. The number of fused-ring (bicyclic) bond motifs is 3. The van der Waals surface area contributed by atoms with Crippen LogP contribution in [0.3, 0.4) is 0 Å². The van der Waals surface area contributed by atoms with Gasteiger partial charge in [-0.3, -0.25) is 9.59 Å². The zero-order valence-corrected chi connectivity index (χ0v) is 14.5. The van der Waals surface area contributed by atoms with Crippen molar-refractivity contribution >= 4 is 11.6 Å². The normalized spacial score (nSPS) is 15.0. The lowest BCUT2D eigenvalue weighted by molar-refractivity contribution is -0.130. The van der Waals surface area contributed by atoms with Crippen molar-refractivity contribution in [1.82, 2.24) is 9.78 Å². The smallest absolute Gasteiger partial charge is 0.166 e. The van der Waals surface area contributed by atoms with Gasteiger partial charge >= 0.3 is 0 Å². The summed E-state index contributed by atoms with van der Waals surface area (Å²) in [6.07, 6.45) is 0. The minimum Gasteiger partial charge on any atom is -0.504 e. The number of hydrogen-bond donors (Lipinski definition) is 1. The lowest BCUT2D eigenvalue weighted by Crippen LogP contribution is -2.26. The number of para-hydroxylation sites is 1. The van der Waals surface area contributed by atoms with Gasteiger partial charge in [0.1, 0.15) is 17.3 Å². The zero-order chi connectivity index (χ0) is 18.4. The van der Waals surface area contributed by atoms with Gasteiger partial charge in [0.25, 0.3) is 0 Å². The fourth-order valence-corrected chi connectivity index (χ4v) is 3.86. The highest BCUT2D eigenvalue weighted by atomic mass is 16.3. The maximum Gasteiger partial charge on any atom is 0.166 e. The molecular weight excluding hydrogens is 328 g/mol. The maximum absolute atomic E-state index is 12.2. The van der Waals surface area contributed by atoms with Gasteiger partial charge in [-0.1, -0.05) is 48.5 Å². The Morgan fingerprint density at radius 1 is 1.00 bits per heavy atom. The molecule has 2 aromatic carbocycles. The van der Waals surface area contributed by atoms with Crippen LogP contribution in [0.2, 0.25) is 0 Å². The molecule has 1 atom stereocenters. The molecule has 0 bridgehead atoms. The van der Waals surface area contributed by atoms with Crippen LogP contribution < -0.4 is 0 Å². The van der Waals surface area contributed by atoms with Gasteiger partial charge in [0, 0.05) is 11.5 Å². The van der Waals surface area contributed by atoms with Crippen molar-refractivity contribution in [3.63, 3.8) is 0 Å². The van der Waals surface area contributed by atoms with Crippen molar-refractivity contribution in [1.29, 1.82) is 0 Å². The van der Waals surface area contributed by atoms with Crippen molar-refractivity contribution in [2.24, 2.45) is 5.92 Å². The number of ketones is 2. The van der Waals surface area contributed by atoms with Crippen LogP contribution in [0, 0.1) is 5.92 Å². The fraction of sp³-hybridized carbons (Fsp3) is 0.190. The predicted molar refractivity (Wildman–Crippen MR) is 97.4 cm³/mol. The summed E-state index contributed by atoms with van der Waals surface area (Å²) in [5.74, 6) is -1.79. The Hall–Kier alpha value is -3.21. The summed E-state index contributed by atoms with van der Waals surface area (Å²) < 4.78 is 1.66. The monoisotopic (exact) mass is 346 g/mol. The molecule has 1 N–H and O–H groups in total. The summed E-state index contributed by atoms with van der Waals surface area (Å²) in [6.45, 7) is 2.84. The Labute approximate surface area is 150 Å². The number of Topliss-reactive ketones (excluding diaryl/α,β-unsaturated/α-hetero) is 2. The Kier molecular flexibility index (Phi) is 3.72. The molecule has 0 radical (unpaired) electrons. The lowest BCUT2D eigenvalue weighted by atomic mass is 9.80. The van der Waals surface area contributed by atoms with E-state index < -0.39 is 11.8 Å². The van der Waals surface area contributed by atoms with Crippen LogP contribution in [-0.2, 0) is 9.59 Å². The van der Waals surface area contributed by atoms with Gasteiger partial charge in [0.05, 0.1) is 17.3 Å². The highest BCUT2D eigenvalue weighted by Gasteiger charge is 2.43. The highest BCUT2D eigenvalue weighted by Crippen LogP contribution is 2.49. The van der Waals surface area contributed by atoms with E-state index in [1.807, 2.05) is 54.6 Å². The van der Waals surface area contributed by atoms with E-state index in [9.17, 15) is 14.7 Å². The van der Waals surface area contributed by atoms with Crippen molar-refractivity contribution in [2.75, 3.05) is 0 Å². The molecule has 0 amide bonds. The van der Waals surface area contributed by atoms with Gasteiger partial charge in [-0.15, -0.1) is 0 Å². The maximum atomic E-state index is 12.2. The molecule has 1 aromatic heterocycles. The van der Waals surface area contributed by atoms with Crippen LogP contribution in [0.5, 0.6) is 5.75 Å². The van der Waals surface area contributed by atoms with E-state index in [0.717, 1.165) is 16.8 Å². The van der Waals surface area contributed by atoms with Gasteiger partial charge in [0.2, 0.25) is 0 Å². The van der Waals surface area contributed by atoms with Gasteiger partial charge in [0.15, 0.2) is 5.75 Å². The fourth-order valence-electron chi connectivity index (χ4n) is 3.86. The molecule has 1 aliphatic rings. The third kappa shape index (κ3) is 2.28. The first-order valence-corrected chi connectivity index (χ1v) is 8.48. The van der Waals surface area contributed by atoms with E-state index in [2.05, 4.69) is 5.10 Å². The van der Waals surface area contributed by atoms with E-state index in [1.165, 1.54) is 13.8 Å². The number of carbonyl (C=O) groups excluding carboxylic acids is 2. The van der Waals surface area contributed by atoms with Crippen molar-refractivity contribution in [3.8, 4) is 22.7 Å². The summed E-state index contributed by atoms with van der Waals surface area (Å²) >= 11 is 0. The van der Waals surface area contributed by atoms with Crippen LogP contribution in [0.1, 0.15) is 31.0 Å². The topological polar surface area (TPSA) is 72.2 Å². The molecular formula is C21H18N2O3. The summed E-state index contributed by atoms with van der Waals surface area (Å²) in [5.41, 5.74) is 3.36. The van der Waals surface area contributed by atoms with E-state index in [1.54, 1.807) is 4.68 Å². The SMILES string of the molecule is CC(=O)C(C(C)=O)C1c2ccccc2-n2nc(-c3ccccc3)c(O)c21. The van der Waals surface area contributed by atoms with Crippen LogP contribution in [0.4, 0.5) is 0 Å². The predicted octanol–water partition coefficient (Wildman–Crippen LogP) is 3.48. The molecule has 5 nitrogen and oxygen atoms in total. The number of nitrogens with zero attached hydrogens (tertiary/aromatic N) is 2. The van der Waals surface area contributed by atoms with E-state index in [4.69, 9.17) is 0 Å². The second kappa shape index (κ2) is 5.95. The second-order valence-corrected chi connectivity index (χ2v) is 6.60. The molecule has 0 aliphatic carbocycles. The Balaban J connectivity index is 1.98. The van der Waals surface area contributed by atoms with E-state index >= 15 is 0 Å². The Bertz CT molecular complexity index is 1010. The highest BCUT2D eigenvalue weighted by molar-refractivity contribution is 6.02. The molecule has 1 unspecified atom stereocenters. The minimum absolute atomic E-state index is 0.0184. The van der Waals surface area contributed by atoms with Crippen LogP contribution >= 0.6 is 0 Å². The summed E-state index contributed by atoms with van der Waals surface area (Å²) in [4.78, 5) is 24.5. The first kappa shape index (κ1) is 16.3. The summed E-state index contributed by atoms with van der Waals surface area (Å²) in [7, 11) is 0. The number of carbonyl (C=O) groups is 2. The third-order valence-electron chi connectivity index (χ3n) is 4.95. The van der Waals surface area contributed by atoms with E-state index in [0.29, 0.717) is 11.4 Å². The first-order valence-electron chi connectivity index (χ1n) is 8.48. The molecule has 0 spiro atoms. The van der Waals surface area contributed by atoms with Crippen LogP contribution in [0.25, 0.3) is 16.9 Å². The molecule has 0 saturated carbocycles. The standard InChI is InChI=1S/C21H18N2O3/c1-12(24)17(13(2)25)18-15-10-6-7-11-16(15)23-20(18)21(26)19(22-23)14-8-4-3-5-9-14/h3-11,17-18,26H,1-2H3. The molecule has 4 rings (SSSR count). The molecule has 3 aromatic rings. The van der Waals surface area contributed by atoms with Crippen LogP contribution in [0.15, 0.2) is 54.6 Å². The number of aromatic hydroxyl groups is 1. The zero-order valence-electron chi connectivity index (χ0n) is 14.5. The quantitative estimate of drug-likeness (QED) is 0.734. The molecule has 0 saturated heterocycles. The van der Waals surface area contributed by atoms with Gasteiger partial charge in [-0.05, 0) is 25.5 Å². The number of aromatic nitrogens is 2. The van der Waals surface area contributed by atoms with Gasteiger partial charge < -0.3 is 5.11 Å². The molecule has 130 valence electrons. The van der Waals surface area contributed by atoms with Gasteiger partial charge in [-0.25, -0.2) is 4.68 Å². The lowest BCUT2D eigenvalue weighted by Gasteiger charge is -2.19. The van der Waals surface area contributed by atoms with Crippen LogP contribution in [-0.4, -0.2) is 26.5 Å². The summed E-state index contributed by atoms with van der Waals surface area (Å²) in [5, 5.41) is 15.5. The molecule has 1 aliphatic heterocycles. The van der Waals surface area contributed by atoms with Crippen molar-refractivity contribution < 1.29 is 14.7 Å².